The van der Waals surface area contributed by atoms with Gasteiger partial charge in [0.05, 0.1) is 17.3 Å². The monoisotopic (exact) mass is 404 g/mol. The number of halogens is 1. The summed E-state index contributed by atoms with van der Waals surface area (Å²) in [6.07, 6.45) is 3.51. The molecular weight excluding hydrogens is 384 g/mol. The van der Waals surface area contributed by atoms with Gasteiger partial charge in [-0.2, -0.15) is 5.10 Å². The van der Waals surface area contributed by atoms with E-state index in [1.54, 1.807) is 6.33 Å². The van der Waals surface area contributed by atoms with Gasteiger partial charge in [-0.1, -0.05) is 35.9 Å². The summed E-state index contributed by atoms with van der Waals surface area (Å²) in [7, 11) is 0. The Bertz CT molecular complexity index is 1160. The normalized spacial score (nSPS) is 14.6. The molecule has 2 aromatic carbocycles. The minimum Gasteiger partial charge on any atom is -0.368 e. The van der Waals surface area contributed by atoms with Gasteiger partial charge in [0.2, 0.25) is 0 Å². The van der Waals surface area contributed by atoms with Crippen molar-refractivity contribution in [3.8, 4) is 5.69 Å². The molecule has 0 bridgehead atoms. The van der Waals surface area contributed by atoms with Crippen molar-refractivity contribution in [2.75, 3.05) is 36.0 Å². The van der Waals surface area contributed by atoms with Crippen molar-refractivity contribution in [3.05, 3.63) is 71.6 Å². The van der Waals surface area contributed by atoms with Gasteiger partial charge in [-0.05, 0) is 36.8 Å². The number of aryl methyl sites for hydroxylation is 1. The van der Waals surface area contributed by atoms with Crippen molar-refractivity contribution < 1.29 is 0 Å². The van der Waals surface area contributed by atoms with Gasteiger partial charge < -0.3 is 9.80 Å². The molecule has 146 valence electrons. The van der Waals surface area contributed by atoms with Crippen LogP contribution in [0.3, 0.4) is 0 Å². The number of hydrogen-bond acceptors (Lipinski definition) is 5. The fraction of sp³-hybridized carbons (Fsp3) is 0.227. The summed E-state index contributed by atoms with van der Waals surface area (Å²) >= 11 is 6.15. The van der Waals surface area contributed by atoms with Crippen LogP contribution in [0.15, 0.2) is 61.1 Å². The lowest BCUT2D eigenvalue weighted by atomic mass is 10.2. The summed E-state index contributed by atoms with van der Waals surface area (Å²) in [5, 5.41) is 6.36. The van der Waals surface area contributed by atoms with E-state index in [1.165, 1.54) is 0 Å². The molecule has 7 heteroatoms. The van der Waals surface area contributed by atoms with Crippen LogP contribution in [0.25, 0.3) is 16.7 Å². The standard InChI is InChI=1S/C22H21ClN6/c1-16-5-2-3-8-20(16)29-22-19(14-26-29)21(24-15-25-22)28-11-9-27(10-12-28)18-7-4-6-17(23)13-18/h2-8,13-15H,9-12H2,1H3. The van der Waals surface area contributed by atoms with E-state index < -0.39 is 0 Å². The molecule has 4 aromatic rings. The zero-order chi connectivity index (χ0) is 19.8. The van der Waals surface area contributed by atoms with Crippen molar-refractivity contribution in [1.29, 1.82) is 0 Å². The van der Waals surface area contributed by atoms with E-state index in [4.69, 9.17) is 11.6 Å². The number of fused-ring (bicyclic) bond motifs is 1. The second-order valence-electron chi connectivity index (χ2n) is 7.23. The Morgan fingerprint density at radius 3 is 2.48 bits per heavy atom. The molecule has 0 aliphatic carbocycles. The average Bonchev–Trinajstić information content (AvgIpc) is 3.18. The zero-order valence-corrected chi connectivity index (χ0v) is 16.9. The number of hydrogen-bond donors (Lipinski definition) is 0. The second kappa shape index (κ2) is 7.37. The van der Waals surface area contributed by atoms with E-state index in [9.17, 15) is 0 Å². The van der Waals surface area contributed by atoms with E-state index in [0.29, 0.717) is 0 Å². The van der Waals surface area contributed by atoms with E-state index in [-0.39, 0.29) is 0 Å². The molecule has 5 rings (SSSR count). The molecule has 29 heavy (non-hydrogen) atoms. The minimum absolute atomic E-state index is 0.769. The van der Waals surface area contributed by atoms with Crippen LogP contribution >= 0.6 is 11.6 Å². The maximum absolute atomic E-state index is 6.15. The third kappa shape index (κ3) is 3.29. The topological polar surface area (TPSA) is 50.1 Å². The Morgan fingerprint density at radius 2 is 1.69 bits per heavy atom. The molecule has 6 nitrogen and oxygen atoms in total. The minimum atomic E-state index is 0.769. The van der Waals surface area contributed by atoms with E-state index in [2.05, 4.69) is 50.0 Å². The molecule has 1 aliphatic rings. The third-order valence-corrected chi connectivity index (χ3v) is 5.68. The van der Waals surface area contributed by atoms with E-state index in [1.807, 2.05) is 41.2 Å². The Labute approximate surface area is 174 Å². The van der Waals surface area contributed by atoms with Crippen LogP contribution in [0.4, 0.5) is 11.5 Å². The first kappa shape index (κ1) is 17.9. The summed E-state index contributed by atoms with van der Waals surface area (Å²) in [5.74, 6) is 0.945. The molecule has 0 radical (unpaired) electrons. The molecule has 0 atom stereocenters. The molecular formula is C22H21ClN6. The van der Waals surface area contributed by atoms with Crippen LogP contribution < -0.4 is 9.80 Å². The predicted octanol–water partition coefficient (Wildman–Crippen LogP) is 4.10. The number of para-hydroxylation sites is 1. The molecule has 3 heterocycles. The van der Waals surface area contributed by atoms with Crippen LogP contribution in [0, 0.1) is 6.92 Å². The SMILES string of the molecule is Cc1ccccc1-n1ncc2c(N3CCN(c4cccc(Cl)c4)CC3)ncnc21. The highest BCUT2D eigenvalue weighted by Gasteiger charge is 2.22. The summed E-state index contributed by atoms with van der Waals surface area (Å²) in [5.41, 5.74) is 4.20. The third-order valence-electron chi connectivity index (χ3n) is 5.44. The molecule has 0 spiro atoms. The van der Waals surface area contributed by atoms with Crippen molar-refractivity contribution in [1.82, 2.24) is 19.7 Å². The van der Waals surface area contributed by atoms with E-state index >= 15 is 0 Å². The molecule has 0 unspecified atom stereocenters. The molecule has 1 aliphatic heterocycles. The molecule has 2 aromatic heterocycles. The largest absolute Gasteiger partial charge is 0.368 e. The molecule has 0 amide bonds. The predicted molar refractivity (Wildman–Crippen MR) is 117 cm³/mol. The summed E-state index contributed by atoms with van der Waals surface area (Å²) in [6, 6.07) is 16.2. The first-order valence-corrected chi connectivity index (χ1v) is 10.1. The lowest BCUT2D eigenvalue weighted by Crippen LogP contribution is -2.46. The maximum atomic E-state index is 6.15. The van der Waals surface area contributed by atoms with Crippen LogP contribution in [0.1, 0.15) is 5.56 Å². The van der Waals surface area contributed by atoms with Gasteiger partial charge in [0.1, 0.15) is 12.1 Å². The van der Waals surface area contributed by atoms with Crippen LogP contribution in [0.5, 0.6) is 0 Å². The fourth-order valence-electron chi connectivity index (χ4n) is 3.91. The summed E-state index contributed by atoms with van der Waals surface area (Å²) in [4.78, 5) is 13.8. The smallest absolute Gasteiger partial charge is 0.168 e. The number of anilines is 2. The highest BCUT2D eigenvalue weighted by atomic mass is 35.5. The quantitative estimate of drug-likeness (QED) is 0.514. The summed E-state index contributed by atoms with van der Waals surface area (Å²) in [6.45, 7) is 5.68. The lowest BCUT2D eigenvalue weighted by Gasteiger charge is -2.36. The number of piperazine rings is 1. The van der Waals surface area contributed by atoms with Gasteiger partial charge in [-0.25, -0.2) is 14.6 Å². The molecule has 1 fully saturated rings. The Kier molecular flexibility index (Phi) is 4.56. The van der Waals surface area contributed by atoms with Crippen LogP contribution in [-0.4, -0.2) is 45.9 Å². The highest BCUT2D eigenvalue weighted by Crippen LogP contribution is 2.27. The van der Waals surface area contributed by atoms with Gasteiger partial charge in [-0.15, -0.1) is 0 Å². The van der Waals surface area contributed by atoms with E-state index in [0.717, 1.165) is 65.0 Å². The Hall–Kier alpha value is -3.12. The van der Waals surface area contributed by atoms with Gasteiger partial charge >= 0.3 is 0 Å². The average molecular weight is 405 g/mol. The van der Waals surface area contributed by atoms with Crippen molar-refractivity contribution in [2.24, 2.45) is 0 Å². The Morgan fingerprint density at radius 1 is 0.897 bits per heavy atom. The van der Waals surface area contributed by atoms with Crippen molar-refractivity contribution in [3.63, 3.8) is 0 Å². The van der Waals surface area contributed by atoms with Crippen LogP contribution in [0.2, 0.25) is 5.02 Å². The first-order chi connectivity index (χ1) is 14.2. The zero-order valence-electron chi connectivity index (χ0n) is 16.2. The molecule has 0 N–H and O–H groups in total. The first-order valence-electron chi connectivity index (χ1n) is 9.71. The number of benzene rings is 2. The number of aromatic nitrogens is 4. The molecule has 1 saturated heterocycles. The van der Waals surface area contributed by atoms with Crippen molar-refractivity contribution >= 4 is 34.1 Å². The number of nitrogens with zero attached hydrogens (tertiary/aromatic N) is 6. The van der Waals surface area contributed by atoms with Gasteiger partial charge in [0, 0.05) is 36.9 Å². The summed E-state index contributed by atoms with van der Waals surface area (Å²) < 4.78 is 1.90. The van der Waals surface area contributed by atoms with Crippen LogP contribution in [-0.2, 0) is 0 Å². The Balaban J connectivity index is 1.43. The van der Waals surface area contributed by atoms with Gasteiger partial charge in [0.15, 0.2) is 5.65 Å². The number of rotatable bonds is 3. The van der Waals surface area contributed by atoms with Gasteiger partial charge in [0.25, 0.3) is 0 Å². The molecule has 0 saturated carbocycles. The highest BCUT2D eigenvalue weighted by molar-refractivity contribution is 6.30. The lowest BCUT2D eigenvalue weighted by molar-refractivity contribution is 0.649. The van der Waals surface area contributed by atoms with Gasteiger partial charge in [-0.3, -0.25) is 0 Å². The maximum Gasteiger partial charge on any atom is 0.168 e. The van der Waals surface area contributed by atoms with Crippen molar-refractivity contribution in [2.45, 2.75) is 6.92 Å². The second-order valence-corrected chi connectivity index (χ2v) is 7.67. The fourth-order valence-corrected chi connectivity index (χ4v) is 4.09.